The van der Waals surface area contributed by atoms with E-state index in [1.807, 2.05) is 6.92 Å². The van der Waals surface area contributed by atoms with Gasteiger partial charge >= 0.3 is 5.97 Å². The zero-order chi connectivity index (χ0) is 13.9. The van der Waals surface area contributed by atoms with Crippen LogP contribution in [0.15, 0.2) is 0 Å². The summed E-state index contributed by atoms with van der Waals surface area (Å²) in [7, 11) is 6.16. The molecule has 0 bridgehead atoms. The fraction of sp³-hybridized carbons (Fsp3) is 0.923. The Morgan fingerprint density at radius 3 is 1.94 bits per heavy atom. The van der Waals surface area contributed by atoms with E-state index >= 15 is 0 Å². The minimum Gasteiger partial charge on any atom is -0.481 e. The SMILES string of the molecule is CCCCC(CC)C(=O)O.C[N+](C)(C)CCO. The first-order valence-electron chi connectivity index (χ1n) is 6.42. The van der Waals surface area contributed by atoms with E-state index < -0.39 is 5.97 Å². The predicted molar refractivity (Wildman–Crippen MR) is 70.9 cm³/mol. The Labute approximate surface area is 106 Å². The molecule has 0 aromatic carbocycles. The predicted octanol–water partition coefficient (Wildman–Crippen LogP) is 1.97. The van der Waals surface area contributed by atoms with E-state index in [1.54, 1.807) is 0 Å². The van der Waals surface area contributed by atoms with Crippen molar-refractivity contribution >= 4 is 5.97 Å². The van der Waals surface area contributed by atoms with Gasteiger partial charge in [0, 0.05) is 0 Å². The second-order valence-corrected chi connectivity index (χ2v) is 5.32. The third kappa shape index (κ3) is 15.4. The van der Waals surface area contributed by atoms with E-state index in [4.69, 9.17) is 10.2 Å². The fourth-order valence-corrected chi connectivity index (χ4v) is 1.25. The molecule has 0 rings (SSSR count). The van der Waals surface area contributed by atoms with Crippen LogP contribution in [-0.4, -0.2) is 55.0 Å². The molecular weight excluding hydrogens is 218 g/mol. The van der Waals surface area contributed by atoms with Crippen LogP contribution in [0.5, 0.6) is 0 Å². The summed E-state index contributed by atoms with van der Waals surface area (Å²) in [5.41, 5.74) is 0. The molecule has 0 radical (unpaired) electrons. The number of likely N-dealkylation sites (N-methyl/N-ethyl adjacent to an activating group) is 1. The van der Waals surface area contributed by atoms with Crippen LogP contribution in [0.4, 0.5) is 0 Å². The summed E-state index contributed by atoms with van der Waals surface area (Å²) in [4.78, 5) is 10.4. The Hall–Kier alpha value is -0.610. The summed E-state index contributed by atoms with van der Waals surface area (Å²) in [6.07, 6.45) is 3.71. The van der Waals surface area contributed by atoms with E-state index in [1.165, 1.54) is 0 Å². The van der Waals surface area contributed by atoms with E-state index in [-0.39, 0.29) is 12.5 Å². The number of carbonyl (C=O) groups is 1. The number of aliphatic hydroxyl groups excluding tert-OH is 1. The molecule has 0 spiro atoms. The summed E-state index contributed by atoms with van der Waals surface area (Å²) in [6.45, 7) is 5.12. The molecule has 17 heavy (non-hydrogen) atoms. The topological polar surface area (TPSA) is 57.5 Å². The smallest absolute Gasteiger partial charge is 0.306 e. The van der Waals surface area contributed by atoms with Crippen molar-refractivity contribution < 1.29 is 19.5 Å². The van der Waals surface area contributed by atoms with Crippen molar-refractivity contribution in [3.8, 4) is 0 Å². The molecule has 2 N–H and O–H groups in total. The minimum atomic E-state index is -0.643. The van der Waals surface area contributed by atoms with Gasteiger partial charge in [-0.25, -0.2) is 0 Å². The zero-order valence-electron chi connectivity index (χ0n) is 12.1. The molecule has 0 aromatic rings. The van der Waals surface area contributed by atoms with Crippen LogP contribution in [0, 0.1) is 5.92 Å². The zero-order valence-corrected chi connectivity index (χ0v) is 12.1. The lowest BCUT2D eigenvalue weighted by atomic mass is 10.00. The third-order valence-corrected chi connectivity index (χ3v) is 2.52. The molecule has 0 saturated heterocycles. The first kappa shape index (κ1) is 18.7. The molecule has 0 aliphatic carbocycles. The maximum Gasteiger partial charge on any atom is 0.306 e. The van der Waals surface area contributed by atoms with Crippen LogP contribution in [0.2, 0.25) is 0 Å². The number of nitrogens with zero attached hydrogens (tertiary/aromatic N) is 1. The van der Waals surface area contributed by atoms with Gasteiger partial charge in [-0.2, -0.15) is 0 Å². The van der Waals surface area contributed by atoms with Crippen molar-refractivity contribution in [1.82, 2.24) is 0 Å². The summed E-state index contributed by atoms with van der Waals surface area (Å²) in [5, 5.41) is 17.0. The molecular formula is C13H30NO3+. The Bertz CT molecular complexity index is 188. The molecule has 0 heterocycles. The van der Waals surface area contributed by atoms with Gasteiger partial charge in [0.05, 0.1) is 33.7 Å². The number of hydrogen-bond acceptors (Lipinski definition) is 2. The Balaban J connectivity index is 0. The van der Waals surface area contributed by atoms with Gasteiger partial charge in [-0.05, 0) is 12.8 Å². The highest BCUT2D eigenvalue weighted by Crippen LogP contribution is 2.11. The van der Waals surface area contributed by atoms with Crippen LogP contribution in [0.1, 0.15) is 39.5 Å². The minimum absolute atomic E-state index is 0.111. The van der Waals surface area contributed by atoms with Crippen LogP contribution in [0.25, 0.3) is 0 Å². The van der Waals surface area contributed by atoms with Gasteiger partial charge in [-0.3, -0.25) is 4.79 Å². The third-order valence-electron chi connectivity index (χ3n) is 2.52. The number of hydrogen-bond donors (Lipinski definition) is 2. The molecule has 104 valence electrons. The summed E-state index contributed by atoms with van der Waals surface area (Å²) >= 11 is 0. The van der Waals surface area contributed by atoms with Gasteiger partial charge in [-0.1, -0.05) is 26.7 Å². The number of aliphatic hydroxyl groups is 1. The van der Waals surface area contributed by atoms with Gasteiger partial charge < -0.3 is 14.7 Å². The van der Waals surface area contributed by atoms with Crippen molar-refractivity contribution in [3.63, 3.8) is 0 Å². The molecule has 1 atom stereocenters. The summed E-state index contributed by atoms with van der Waals surface area (Å²) in [6, 6.07) is 0. The van der Waals surface area contributed by atoms with Crippen LogP contribution in [-0.2, 0) is 4.79 Å². The Morgan fingerprint density at radius 1 is 1.24 bits per heavy atom. The van der Waals surface area contributed by atoms with E-state index in [0.29, 0.717) is 0 Å². The highest BCUT2D eigenvalue weighted by atomic mass is 16.4. The largest absolute Gasteiger partial charge is 0.481 e. The summed E-state index contributed by atoms with van der Waals surface area (Å²) < 4.78 is 0.844. The standard InChI is InChI=1S/C8H16O2.C5H14NO/c1-3-5-6-7(4-2)8(9)10;1-6(2,3)4-5-7/h7H,3-6H2,1-2H3,(H,9,10);7H,4-5H2,1-3H3/q;+1. The molecule has 4 heteroatoms. The van der Waals surface area contributed by atoms with Crippen LogP contribution in [0.3, 0.4) is 0 Å². The second-order valence-electron chi connectivity index (χ2n) is 5.32. The molecule has 0 amide bonds. The lowest BCUT2D eigenvalue weighted by molar-refractivity contribution is -0.870. The van der Waals surface area contributed by atoms with Crippen molar-refractivity contribution in [2.75, 3.05) is 34.3 Å². The van der Waals surface area contributed by atoms with Gasteiger partial charge in [0.2, 0.25) is 0 Å². The van der Waals surface area contributed by atoms with Gasteiger partial charge in [0.15, 0.2) is 0 Å². The maximum absolute atomic E-state index is 10.4. The number of quaternary nitrogens is 1. The number of unbranched alkanes of at least 4 members (excludes halogenated alkanes) is 1. The molecule has 4 nitrogen and oxygen atoms in total. The summed E-state index contributed by atoms with van der Waals surface area (Å²) in [5.74, 6) is -0.754. The number of carboxylic acid groups (broad SMARTS) is 1. The number of carboxylic acids is 1. The van der Waals surface area contributed by atoms with E-state index in [2.05, 4.69) is 28.1 Å². The number of aliphatic carboxylic acids is 1. The fourth-order valence-electron chi connectivity index (χ4n) is 1.25. The molecule has 1 unspecified atom stereocenters. The highest BCUT2D eigenvalue weighted by molar-refractivity contribution is 5.69. The Kier molecular flexibility index (Phi) is 11.6. The molecule has 0 saturated carbocycles. The van der Waals surface area contributed by atoms with Crippen LogP contribution >= 0.6 is 0 Å². The van der Waals surface area contributed by atoms with Crippen molar-refractivity contribution in [1.29, 1.82) is 0 Å². The number of rotatable bonds is 7. The quantitative estimate of drug-likeness (QED) is 0.677. The van der Waals surface area contributed by atoms with Crippen LogP contribution < -0.4 is 0 Å². The molecule has 0 aliphatic rings. The molecule has 0 aromatic heterocycles. The Morgan fingerprint density at radius 2 is 1.76 bits per heavy atom. The first-order chi connectivity index (χ1) is 7.78. The highest BCUT2D eigenvalue weighted by Gasteiger charge is 2.12. The van der Waals surface area contributed by atoms with E-state index in [0.717, 1.165) is 36.7 Å². The van der Waals surface area contributed by atoms with Gasteiger partial charge in [0.25, 0.3) is 0 Å². The average Bonchev–Trinajstić information content (AvgIpc) is 2.17. The molecule has 0 aliphatic heterocycles. The van der Waals surface area contributed by atoms with Crippen molar-refractivity contribution in [2.45, 2.75) is 39.5 Å². The first-order valence-corrected chi connectivity index (χ1v) is 6.42. The van der Waals surface area contributed by atoms with E-state index in [9.17, 15) is 4.79 Å². The van der Waals surface area contributed by atoms with Gasteiger partial charge in [0.1, 0.15) is 6.54 Å². The van der Waals surface area contributed by atoms with Crippen molar-refractivity contribution in [2.24, 2.45) is 5.92 Å². The second kappa shape index (κ2) is 10.5. The molecule has 0 fully saturated rings. The lowest BCUT2D eigenvalue weighted by Crippen LogP contribution is -2.36. The lowest BCUT2D eigenvalue weighted by Gasteiger charge is -2.21. The van der Waals surface area contributed by atoms with Crippen molar-refractivity contribution in [3.05, 3.63) is 0 Å². The normalized spacial score (nSPS) is 12.6. The maximum atomic E-state index is 10.4. The average molecular weight is 248 g/mol. The monoisotopic (exact) mass is 248 g/mol. The van der Waals surface area contributed by atoms with Gasteiger partial charge in [-0.15, -0.1) is 0 Å².